The highest BCUT2D eigenvalue weighted by atomic mass is 32.2. The molecular weight excluding hydrogens is 372 g/mol. The zero-order valence-corrected chi connectivity index (χ0v) is 17.4. The van der Waals surface area contributed by atoms with Gasteiger partial charge < -0.3 is 0 Å². The van der Waals surface area contributed by atoms with Crippen LogP contribution in [0.25, 0.3) is 11.1 Å². The Hall–Kier alpha value is -2.30. The standard InChI is InChI=1S/C23H22O2S2/c1-6-22(24)26-20-11-7-18(8-12-20)16(4)17(5)19-9-13-21(14-10-19)27-23(25)15(2)3/h6-14H,1-2H2,3-5H3. The molecule has 0 aliphatic heterocycles. The Labute approximate surface area is 169 Å². The largest absolute Gasteiger partial charge is 0.282 e. The minimum atomic E-state index is -0.0608. The van der Waals surface area contributed by atoms with Crippen molar-refractivity contribution in [3.8, 4) is 0 Å². The number of hydrogen-bond donors (Lipinski definition) is 0. The quantitative estimate of drug-likeness (QED) is 0.312. The van der Waals surface area contributed by atoms with Gasteiger partial charge in [0.15, 0.2) is 0 Å². The summed E-state index contributed by atoms with van der Waals surface area (Å²) in [6.07, 6.45) is 1.32. The van der Waals surface area contributed by atoms with E-state index in [1.54, 1.807) is 6.92 Å². The lowest BCUT2D eigenvalue weighted by Crippen LogP contribution is -1.91. The van der Waals surface area contributed by atoms with Crippen LogP contribution in [0.1, 0.15) is 31.9 Å². The molecule has 2 aromatic rings. The molecule has 138 valence electrons. The SMILES string of the molecule is C=CC(=O)Sc1ccc(C(C)=C(C)c2ccc(SC(=O)C(=C)C)cc2)cc1. The molecule has 0 spiro atoms. The topological polar surface area (TPSA) is 34.1 Å². The van der Waals surface area contributed by atoms with Crippen molar-refractivity contribution in [3.05, 3.63) is 84.5 Å². The maximum Gasteiger partial charge on any atom is 0.219 e. The first-order chi connectivity index (χ1) is 12.8. The van der Waals surface area contributed by atoms with Crippen molar-refractivity contribution in [1.82, 2.24) is 0 Å². The molecule has 0 bridgehead atoms. The molecule has 4 heteroatoms. The molecule has 0 atom stereocenters. The van der Waals surface area contributed by atoms with Crippen molar-refractivity contribution in [2.75, 3.05) is 0 Å². The monoisotopic (exact) mass is 394 g/mol. The van der Waals surface area contributed by atoms with Gasteiger partial charge in [-0.05, 0) is 102 Å². The molecule has 2 aromatic carbocycles. The summed E-state index contributed by atoms with van der Waals surface area (Å²) >= 11 is 2.36. The van der Waals surface area contributed by atoms with Crippen molar-refractivity contribution in [1.29, 1.82) is 0 Å². The summed E-state index contributed by atoms with van der Waals surface area (Å²) in [7, 11) is 0. The van der Waals surface area contributed by atoms with E-state index in [0.29, 0.717) is 5.57 Å². The first-order valence-corrected chi connectivity index (χ1v) is 10.1. The fourth-order valence-corrected chi connectivity index (χ4v) is 3.58. The van der Waals surface area contributed by atoms with Crippen molar-refractivity contribution in [2.45, 2.75) is 30.6 Å². The molecule has 2 nitrogen and oxygen atoms in total. The number of carbonyl (C=O) groups excluding carboxylic acids is 2. The van der Waals surface area contributed by atoms with Gasteiger partial charge in [-0.25, -0.2) is 0 Å². The maximum atomic E-state index is 11.8. The first kappa shape index (κ1) is 21.0. The Kier molecular flexibility index (Phi) is 7.45. The summed E-state index contributed by atoms with van der Waals surface area (Å²) in [6.45, 7) is 13.1. The molecule has 0 radical (unpaired) electrons. The number of thioether (sulfide) groups is 2. The molecular formula is C23H22O2S2. The third-order valence-corrected chi connectivity index (χ3v) is 6.00. The summed E-state index contributed by atoms with van der Waals surface area (Å²) in [5, 5.41) is -0.0756. The third-order valence-electron chi connectivity index (χ3n) is 4.08. The van der Waals surface area contributed by atoms with Gasteiger partial charge in [-0.3, -0.25) is 9.59 Å². The van der Waals surface area contributed by atoms with E-state index in [4.69, 9.17) is 0 Å². The summed E-state index contributed by atoms with van der Waals surface area (Å²) in [5.74, 6) is 0. The minimum Gasteiger partial charge on any atom is -0.282 e. The molecule has 0 aromatic heterocycles. The molecule has 0 saturated heterocycles. The van der Waals surface area contributed by atoms with E-state index in [9.17, 15) is 9.59 Å². The fourth-order valence-electron chi connectivity index (χ4n) is 2.33. The van der Waals surface area contributed by atoms with Gasteiger partial charge in [-0.1, -0.05) is 37.4 Å². The van der Waals surface area contributed by atoms with E-state index in [-0.39, 0.29) is 10.2 Å². The Morgan fingerprint density at radius 3 is 1.56 bits per heavy atom. The van der Waals surface area contributed by atoms with Crippen LogP contribution in [0.4, 0.5) is 0 Å². The Morgan fingerprint density at radius 2 is 1.19 bits per heavy atom. The summed E-state index contributed by atoms with van der Waals surface area (Å²) in [4.78, 5) is 25.0. The van der Waals surface area contributed by atoms with Gasteiger partial charge in [0.05, 0.1) is 0 Å². The molecule has 0 aliphatic carbocycles. The zero-order chi connectivity index (χ0) is 20.0. The Bertz CT molecular complexity index is 904. The average Bonchev–Trinajstić information content (AvgIpc) is 2.67. The molecule has 0 fully saturated rings. The van der Waals surface area contributed by atoms with E-state index in [1.807, 2.05) is 48.5 Å². The van der Waals surface area contributed by atoms with Crippen molar-refractivity contribution in [2.24, 2.45) is 0 Å². The lowest BCUT2D eigenvalue weighted by molar-refractivity contribution is -0.108. The van der Waals surface area contributed by atoms with Crippen LogP contribution in [-0.2, 0) is 9.59 Å². The summed E-state index contributed by atoms with van der Waals surface area (Å²) < 4.78 is 0. The summed E-state index contributed by atoms with van der Waals surface area (Å²) in [6, 6.07) is 15.9. The highest BCUT2D eigenvalue weighted by molar-refractivity contribution is 8.14. The van der Waals surface area contributed by atoms with Gasteiger partial charge in [-0.15, -0.1) is 0 Å². The molecule has 27 heavy (non-hydrogen) atoms. The van der Waals surface area contributed by atoms with Gasteiger partial charge in [0.2, 0.25) is 10.2 Å². The normalized spacial score (nSPS) is 11.5. The van der Waals surface area contributed by atoms with Gasteiger partial charge in [-0.2, -0.15) is 0 Å². The molecule has 2 rings (SSSR count). The number of carbonyl (C=O) groups is 2. The van der Waals surface area contributed by atoms with Crippen LogP contribution >= 0.6 is 23.5 Å². The van der Waals surface area contributed by atoms with Gasteiger partial charge >= 0.3 is 0 Å². The lowest BCUT2D eigenvalue weighted by atomic mass is 9.97. The lowest BCUT2D eigenvalue weighted by Gasteiger charge is -2.10. The molecule has 0 saturated carbocycles. The van der Waals surface area contributed by atoms with Crippen LogP contribution in [-0.4, -0.2) is 10.2 Å². The second kappa shape index (κ2) is 9.58. The van der Waals surface area contributed by atoms with Crippen LogP contribution in [0.5, 0.6) is 0 Å². The van der Waals surface area contributed by atoms with Crippen LogP contribution in [0.3, 0.4) is 0 Å². The molecule has 0 amide bonds. The van der Waals surface area contributed by atoms with Crippen LogP contribution in [0.15, 0.2) is 83.1 Å². The smallest absolute Gasteiger partial charge is 0.219 e. The second-order valence-electron chi connectivity index (χ2n) is 6.09. The predicted octanol–water partition coefficient (Wildman–Crippen LogP) is 6.64. The molecule has 0 unspecified atom stereocenters. The van der Waals surface area contributed by atoms with Gasteiger partial charge in [0.1, 0.15) is 0 Å². The number of hydrogen-bond acceptors (Lipinski definition) is 4. The fraction of sp³-hybridized carbons (Fsp3) is 0.130. The summed E-state index contributed by atoms with van der Waals surface area (Å²) in [5.41, 5.74) is 5.10. The van der Waals surface area contributed by atoms with E-state index >= 15 is 0 Å². The Morgan fingerprint density at radius 1 is 0.778 bits per heavy atom. The maximum absolute atomic E-state index is 11.8. The second-order valence-corrected chi connectivity index (χ2v) is 8.22. The predicted molar refractivity (Wildman–Crippen MR) is 118 cm³/mol. The van der Waals surface area contributed by atoms with Gasteiger partial charge in [0.25, 0.3) is 0 Å². The van der Waals surface area contributed by atoms with Crippen LogP contribution < -0.4 is 0 Å². The first-order valence-electron chi connectivity index (χ1n) is 8.42. The van der Waals surface area contributed by atoms with Crippen LogP contribution in [0, 0.1) is 0 Å². The third kappa shape index (κ3) is 5.84. The highest BCUT2D eigenvalue weighted by Crippen LogP contribution is 2.29. The minimum absolute atomic E-state index is 0.0147. The van der Waals surface area contributed by atoms with E-state index in [2.05, 4.69) is 27.0 Å². The Balaban J connectivity index is 2.18. The van der Waals surface area contributed by atoms with Crippen molar-refractivity contribution >= 4 is 44.9 Å². The molecule has 0 aliphatic rings. The number of allylic oxidation sites excluding steroid dienone is 2. The van der Waals surface area contributed by atoms with E-state index in [1.165, 1.54) is 40.7 Å². The zero-order valence-electron chi connectivity index (χ0n) is 15.7. The van der Waals surface area contributed by atoms with E-state index in [0.717, 1.165) is 20.9 Å². The highest BCUT2D eigenvalue weighted by Gasteiger charge is 2.08. The number of benzene rings is 2. The molecule has 0 N–H and O–H groups in total. The number of rotatable bonds is 6. The van der Waals surface area contributed by atoms with Crippen molar-refractivity contribution in [3.63, 3.8) is 0 Å². The molecule has 0 heterocycles. The van der Waals surface area contributed by atoms with Gasteiger partial charge in [0, 0.05) is 9.79 Å². The van der Waals surface area contributed by atoms with Crippen LogP contribution in [0.2, 0.25) is 0 Å². The van der Waals surface area contributed by atoms with Crippen molar-refractivity contribution < 1.29 is 9.59 Å². The van der Waals surface area contributed by atoms with E-state index < -0.39 is 0 Å². The average molecular weight is 395 g/mol.